The van der Waals surface area contributed by atoms with Gasteiger partial charge in [0.25, 0.3) is 0 Å². The second-order valence-electron chi connectivity index (χ2n) is 5.13. The summed E-state index contributed by atoms with van der Waals surface area (Å²) < 4.78 is 0. The monoisotopic (exact) mass is 270 g/mol. The van der Waals surface area contributed by atoms with Crippen LogP contribution in [0.25, 0.3) is 0 Å². The summed E-state index contributed by atoms with van der Waals surface area (Å²) in [6.07, 6.45) is 0. The van der Waals surface area contributed by atoms with E-state index in [0.717, 1.165) is 5.56 Å². The lowest BCUT2D eigenvalue weighted by molar-refractivity contribution is 0.0692. The Kier molecular flexibility index (Phi) is 3.79. The molecule has 2 rings (SSSR count). The van der Waals surface area contributed by atoms with Crippen molar-refractivity contribution in [2.24, 2.45) is 0 Å². The van der Waals surface area contributed by atoms with Crippen LogP contribution in [0, 0.1) is 13.8 Å². The summed E-state index contributed by atoms with van der Waals surface area (Å²) in [6.45, 7) is 5.66. The fraction of sp³-hybridized carbons (Fsp3) is 0.235. The molecule has 0 fully saturated rings. The Morgan fingerprint density at radius 2 is 1.65 bits per heavy atom. The average Bonchev–Trinajstić information content (AvgIpc) is 2.38. The first kappa shape index (κ1) is 14.1. The number of aromatic carboxylic acids is 1. The molecule has 0 heterocycles. The Labute approximate surface area is 118 Å². The molecule has 0 amide bonds. The summed E-state index contributed by atoms with van der Waals surface area (Å²) in [5, 5.41) is 19.4. The molecule has 0 bridgehead atoms. The Hall–Kier alpha value is -2.29. The van der Waals surface area contributed by atoms with E-state index in [1.165, 1.54) is 5.56 Å². The van der Waals surface area contributed by atoms with Crippen molar-refractivity contribution < 1.29 is 15.0 Å². The molecule has 2 N–H and O–H groups in total. The van der Waals surface area contributed by atoms with E-state index in [9.17, 15) is 15.0 Å². The SMILES string of the molecule is Cc1ccc(C(C)c2ccc(C)c(C(=O)O)c2O)cc1. The summed E-state index contributed by atoms with van der Waals surface area (Å²) in [7, 11) is 0. The van der Waals surface area contributed by atoms with Gasteiger partial charge in [-0.1, -0.05) is 48.9 Å². The van der Waals surface area contributed by atoms with Crippen LogP contribution in [0.4, 0.5) is 0 Å². The molecule has 0 aliphatic heterocycles. The van der Waals surface area contributed by atoms with Gasteiger partial charge in [0, 0.05) is 11.5 Å². The summed E-state index contributed by atoms with van der Waals surface area (Å²) in [5.41, 5.74) is 3.40. The van der Waals surface area contributed by atoms with Crippen LogP contribution in [-0.2, 0) is 0 Å². The number of carboxylic acid groups (broad SMARTS) is 1. The fourth-order valence-electron chi connectivity index (χ4n) is 2.36. The topological polar surface area (TPSA) is 57.5 Å². The molecule has 0 aromatic heterocycles. The lowest BCUT2D eigenvalue weighted by Gasteiger charge is -2.16. The van der Waals surface area contributed by atoms with Crippen molar-refractivity contribution in [2.75, 3.05) is 0 Å². The van der Waals surface area contributed by atoms with Crippen molar-refractivity contribution in [1.82, 2.24) is 0 Å². The van der Waals surface area contributed by atoms with Crippen molar-refractivity contribution in [2.45, 2.75) is 26.7 Å². The minimum atomic E-state index is -1.10. The van der Waals surface area contributed by atoms with Crippen molar-refractivity contribution in [3.8, 4) is 5.75 Å². The average molecular weight is 270 g/mol. The zero-order valence-electron chi connectivity index (χ0n) is 11.8. The first-order valence-corrected chi connectivity index (χ1v) is 6.54. The second-order valence-corrected chi connectivity index (χ2v) is 5.13. The zero-order chi connectivity index (χ0) is 14.9. The number of benzene rings is 2. The van der Waals surface area contributed by atoms with Gasteiger partial charge in [0.1, 0.15) is 11.3 Å². The van der Waals surface area contributed by atoms with E-state index in [1.807, 2.05) is 38.1 Å². The van der Waals surface area contributed by atoms with Gasteiger partial charge in [0.2, 0.25) is 0 Å². The number of phenols is 1. The number of rotatable bonds is 3. The predicted molar refractivity (Wildman–Crippen MR) is 78.5 cm³/mol. The number of carboxylic acids is 1. The molecule has 3 nitrogen and oxygen atoms in total. The molecule has 0 saturated heterocycles. The first-order chi connectivity index (χ1) is 9.41. The Morgan fingerprint density at radius 3 is 2.20 bits per heavy atom. The number of hydrogen-bond donors (Lipinski definition) is 2. The molecule has 3 heteroatoms. The highest BCUT2D eigenvalue weighted by Crippen LogP contribution is 2.34. The molecule has 0 saturated carbocycles. The maximum absolute atomic E-state index is 11.2. The standard InChI is InChI=1S/C17H18O3/c1-10-4-7-13(8-5-10)12(3)14-9-6-11(2)15(16(14)18)17(19)20/h4-9,12,18H,1-3H3,(H,19,20). The van der Waals surface area contributed by atoms with Crippen LogP contribution >= 0.6 is 0 Å². The maximum Gasteiger partial charge on any atom is 0.339 e. The van der Waals surface area contributed by atoms with Crippen molar-refractivity contribution in [3.05, 3.63) is 64.2 Å². The lowest BCUT2D eigenvalue weighted by atomic mass is 9.89. The van der Waals surface area contributed by atoms with Crippen molar-refractivity contribution >= 4 is 5.97 Å². The molecule has 1 unspecified atom stereocenters. The third-order valence-corrected chi connectivity index (χ3v) is 3.68. The van der Waals surface area contributed by atoms with E-state index < -0.39 is 5.97 Å². The highest BCUT2D eigenvalue weighted by Gasteiger charge is 2.20. The molecule has 0 aliphatic carbocycles. The fourth-order valence-corrected chi connectivity index (χ4v) is 2.36. The highest BCUT2D eigenvalue weighted by atomic mass is 16.4. The van der Waals surface area contributed by atoms with Crippen molar-refractivity contribution in [3.63, 3.8) is 0 Å². The zero-order valence-corrected chi connectivity index (χ0v) is 11.8. The normalized spacial score (nSPS) is 12.2. The van der Waals surface area contributed by atoms with Crippen LogP contribution in [0.2, 0.25) is 0 Å². The first-order valence-electron chi connectivity index (χ1n) is 6.54. The Morgan fingerprint density at radius 1 is 1.05 bits per heavy atom. The quantitative estimate of drug-likeness (QED) is 0.890. The number of hydrogen-bond acceptors (Lipinski definition) is 2. The van der Waals surface area contributed by atoms with Crippen LogP contribution in [-0.4, -0.2) is 16.2 Å². The molecule has 0 spiro atoms. The van der Waals surface area contributed by atoms with Gasteiger partial charge < -0.3 is 10.2 Å². The molecule has 2 aromatic rings. The summed E-state index contributed by atoms with van der Waals surface area (Å²) in [5.74, 6) is -1.29. The summed E-state index contributed by atoms with van der Waals surface area (Å²) in [6, 6.07) is 11.6. The minimum absolute atomic E-state index is 0.0125. The van der Waals surface area contributed by atoms with Gasteiger partial charge in [-0.15, -0.1) is 0 Å². The molecule has 0 aliphatic rings. The largest absolute Gasteiger partial charge is 0.507 e. The summed E-state index contributed by atoms with van der Waals surface area (Å²) in [4.78, 5) is 11.2. The minimum Gasteiger partial charge on any atom is -0.507 e. The predicted octanol–water partition coefficient (Wildman–Crippen LogP) is 3.86. The van der Waals surface area contributed by atoms with E-state index in [1.54, 1.807) is 19.1 Å². The van der Waals surface area contributed by atoms with Gasteiger partial charge in [-0.05, 0) is 25.0 Å². The van der Waals surface area contributed by atoms with Crippen LogP contribution < -0.4 is 0 Å². The van der Waals surface area contributed by atoms with E-state index in [4.69, 9.17) is 0 Å². The van der Waals surface area contributed by atoms with E-state index in [-0.39, 0.29) is 17.2 Å². The molecular weight excluding hydrogens is 252 g/mol. The van der Waals surface area contributed by atoms with Gasteiger partial charge in [0.05, 0.1) is 0 Å². The molecule has 104 valence electrons. The van der Waals surface area contributed by atoms with Gasteiger partial charge >= 0.3 is 5.97 Å². The van der Waals surface area contributed by atoms with Crippen LogP contribution in [0.5, 0.6) is 5.75 Å². The van der Waals surface area contributed by atoms with Crippen LogP contribution in [0.1, 0.15) is 45.5 Å². The number of carbonyl (C=O) groups is 1. The van der Waals surface area contributed by atoms with Crippen LogP contribution in [0.15, 0.2) is 36.4 Å². The molecule has 1 atom stereocenters. The van der Waals surface area contributed by atoms with Gasteiger partial charge in [-0.2, -0.15) is 0 Å². The van der Waals surface area contributed by atoms with E-state index in [0.29, 0.717) is 11.1 Å². The van der Waals surface area contributed by atoms with E-state index in [2.05, 4.69) is 0 Å². The smallest absolute Gasteiger partial charge is 0.339 e. The Balaban J connectivity index is 2.50. The third-order valence-electron chi connectivity index (χ3n) is 3.68. The number of aromatic hydroxyl groups is 1. The van der Waals surface area contributed by atoms with Gasteiger partial charge in [-0.3, -0.25) is 0 Å². The molecule has 2 aromatic carbocycles. The van der Waals surface area contributed by atoms with Crippen LogP contribution in [0.3, 0.4) is 0 Å². The maximum atomic E-state index is 11.2. The highest BCUT2D eigenvalue weighted by molar-refractivity contribution is 5.93. The Bertz CT molecular complexity index is 642. The van der Waals surface area contributed by atoms with Gasteiger partial charge in [-0.25, -0.2) is 4.79 Å². The van der Waals surface area contributed by atoms with Crippen molar-refractivity contribution in [1.29, 1.82) is 0 Å². The third kappa shape index (κ3) is 2.52. The second kappa shape index (κ2) is 5.37. The molecule has 0 radical (unpaired) electrons. The summed E-state index contributed by atoms with van der Waals surface area (Å²) >= 11 is 0. The number of aryl methyl sites for hydroxylation is 2. The van der Waals surface area contributed by atoms with E-state index >= 15 is 0 Å². The molecular formula is C17H18O3. The lowest BCUT2D eigenvalue weighted by Crippen LogP contribution is -2.05. The van der Waals surface area contributed by atoms with Gasteiger partial charge in [0.15, 0.2) is 0 Å². The molecule has 20 heavy (non-hydrogen) atoms.